The third kappa shape index (κ3) is 1.69. The first-order valence-corrected chi connectivity index (χ1v) is 5.55. The molecule has 0 N–H and O–H groups in total. The first kappa shape index (κ1) is 10.7. The van der Waals surface area contributed by atoms with Crippen LogP contribution in [0.5, 0.6) is 5.75 Å². The summed E-state index contributed by atoms with van der Waals surface area (Å²) in [6.07, 6.45) is 7.05. The molecule has 0 aliphatic heterocycles. The second-order valence-corrected chi connectivity index (χ2v) is 4.01. The first-order valence-electron chi connectivity index (χ1n) is 5.55. The highest BCUT2D eigenvalue weighted by molar-refractivity contribution is 5.80. The average molecular weight is 240 g/mol. The monoisotopic (exact) mass is 240 g/mol. The molecular weight excluding hydrogens is 228 g/mol. The summed E-state index contributed by atoms with van der Waals surface area (Å²) in [5.74, 6) is 0.734. The van der Waals surface area contributed by atoms with Gasteiger partial charge in [0.1, 0.15) is 11.3 Å². The zero-order valence-corrected chi connectivity index (χ0v) is 10.2. The van der Waals surface area contributed by atoms with Crippen molar-refractivity contribution >= 4 is 11.0 Å². The van der Waals surface area contributed by atoms with Gasteiger partial charge in [0.25, 0.3) is 0 Å². The van der Waals surface area contributed by atoms with Gasteiger partial charge in [0.2, 0.25) is 0 Å². The number of rotatable bonds is 2. The highest BCUT2D eigenvalue weighted by atomic mass is 16.5. The predicted octanol–water partition coefficient (Wildman–Crippen LogP) is 2.04. The Morgan fingerprint density at radius 2 is 1.89 bits per heavy atom. The van der Waals surface area contributed by atoms with E-state index < -0.39 is 0 Å². The summed E-state index contributed by atoms with van der Waals surface area (Å²) < 4.78 is 6.98. The van der Waals surface area contributed by atoms with Crippen molar-refractivity contribution in [1.29, 1.82) is 0 Å². The zero-order chi connectivity index (χ0) is 12.5. The van der Waals surface area contributed by atoms with Gasteiger partial charge in [-0.25, -0.2) is 0 Å². The molecule has 18 heavy (non-hydrogen) atoms. The lowest BCUT2D eigenvalue weighted by atomic mass is 10.1. The molecule has 3 rings (SSSR count). The molecule has 0 amide bonds. The lowest BCUT2D eigenvalue weighted by Gasteiger charge is -2.04. The normalized spacial score (nSPS) is 10.8. The molecule has 3 heterocycles. The number of fused-ring (bicyclic) bond motifs is 1. The van der Waals surface area contributed by atoms with Crippen molar-refractivity contribution < 1.29 is 4.74 Å². The summed E-state index contributed by atoms with van der Waals surface area (Å²) in [5, 5.41) is 4.18. The summed E-state index contributed by atoms with van der Waals surface area (Å²) in [4.78, 5) is 8.53. The first-order chi connectivity index (χ1) is 8.78. The smallest absolute Gasteiger partial charge is 0.137 e. The van der Waals surface area contributed by atoms with Crippen LogP contribution in [0.4, 0.5) is 0 Å². The van der Waals surface area contributed by atoms with E-state index in [0.29, 0.717) is 0 Å². The Balaban J connectivity index is 2.15. The van der Waals surface area contributed by atoms with E-state index in [2.05, 4.69) is 15.1 Å². The minimum absolute atomic E-state index is 0.734. The molecule has 0 radical (unpaired) electrons. The van der Waals surface area contributed by atoms with E-state index in [1.54, 1.807) is 30.4 Å². The second kappa shape index (κ2) is 4.10. The number of aromatic nitrogens is 4. The summed E-state index contributed by atoms with van der Waals surface area (Å²) in [6, 6.07) is 3.98. The molecule has 0 saturated carbocycles. The molecule has 5 nitrogen and oxygen atoms in total. The fourth-order valence-electron chi connectivity index (χ4n) is 1.87. The molecule has 3 aromatic rings. The van der Waals surface area contributed by atoms with Crippen molar-refractivity contribution in [1.82, 2.24) is 19.7 Å². The zero-order valence-electron chi connectivity index (χ0n) is 10.2. The lowest BCUT2D eigenvalue weighted by Crippen LogP contribution is -1.91. The van der Waals surface area contributed by atoms with Crippen LogP contribution in [-0.4, -0.2) is 26.9 Å². The summed E-state index contributed by atoms with van der Waals surface area (Å²) in [5.41, 5.74) is 3.86. The number of ether oxygens (including phenoxy) is 1. The van der Waals surface area contributed by atoms with Gasteiger partial charge >= 0.3 is 0 Å². The number of hydrogen-bond donors (Lipinski definition) is 0. The number of aryl methyl sites for hydroxylation is 1. The Bertz CT molecular complexity index is 705. The summed E-state index contributed by atoms with van der Waals surface area (Å²) >= 11 is 0. The van der Waals surface area contributed by atoms with E-state index in [0.717, 1.165) is 27.9 Å². The van der Waals surface area contributed by atoms with E-state index in [9.17, 15) is 0 Å². The largest absolute Gasteiger partial charge is 0.495 e. The molecule has 0 fully saturated rings. The van der Waals surface area contributed by atoms with Crippen molar-refractivity contribution in [3.05, 3.63) is 36.9 Å². The van der Waals surface area contributed by atoms with Gasteiger partial charge in [0.05, 0.1) is 25.0 Å². The maximum atomic E-state index is 5.17. The molecule has 3 aromatic heterocycles. The number of nitrogens with zero attached hydrogens (tertiary/aromatic N) is 4. The highest BCUT2D eigenvalue weighted by Gasteiger charge is 2.05. The van der Waals surface area contributed by atoms with E-state index >= 15 is 0 Å². The Morgan fingerprint density at radius 3 is 2.72 bits per heavy atom. The average Bonchev–Trinajstić information content (AvgIpc) is 2.80. The van der Waals surface area contributed by atoms with Crippen LogP contribution >= 0.6 is 0 Å². The van der Waals surface area contributed by atoms with Gasteiger partial charge < -0.3 is 4.74 Å². The fraction of sp³-hybridized carbons (Fsp3) is 0.154. The highest BCUT2D eigenvalue weighted by Crippen LogP contribution is 2.24. The third-order valence-electron chi connectivity index (χ3n) is 2.88. The molecule has 0 aliphatic carbocycles. The summed E-state index contributed by atoms with van der Waals surface area (Å²) in [6.45, 7) is 0. The van der Waals surface area contributed by atoms with E-state index in [-0.39, 0.29) is 0 Å². The quantitative estimate of drug-likeness (QED) is 0.687. The van der Waals surface area contributed by atoms with Gasteiger partial charge in [-0.05, 0) is 12.1 Å². The molecule has 0 spiro atoms. The van der Waals surface area contributed by atoms with Crippen LogP contribution in [0, 0.1) is 0 Å². The van der Waals surface area contributed by atoms with Crippen molar-refractivity contribution in [3.8, 4) is 16.9 Å². The van der Waals surface area contributed by atoms with E-state index in [1.807, 2.05) is 25.4 Å². The van der Waals surface area contributed by atoms with Gasteiger partial charge in [0, 0.05) is 30.6 Å². The molecule has 0 aromatic carbocycles. The van der Waals surface area contributed by atoms with Crippen molar-refractivity contribution in [2.24, 2.45) is 7.05 Å². The van der Waals surface area contributed by atoms with Crippen molar-refractivity contribution in [3.63, 3.8) is 0 Å². The maximum Gasteiger partial charge on any atom is 0.137 e. The molecule has 0 bridgehead atoms. The lowest BCUT2D eigenvalue weighted by molar-refractivity contribution is 0.413. The van der Waals surface area contributed by atoms with Crippen molar-refractivity contribution in [2.75, 3.05) is 7.11 Å². The van der Waals surface area contributed by atoms with Crippen LogP contribution in [0.15, 0.2) is 36.9 Å². The Kier molecular flexibility index (Phi) is 2.44. The molecule has 90 valence electrons. The van der Waals surface area contributed by atoms with Crippen LogP contribution in [0.3, 0.4) is 0 Å². The van der Waals surface area contributed by atoms with Gasteiger partial charge in [-0.2, -0.15) is 5.10 Å². The van der Waals surface area contributed by atoms with Crippen LogP contribution in [-0.2, 0) is 7.05 Å². The van der Waals surface area contributed by atoms with Crippen LogP contribution < -0.4 is 4.74 Å². The topological polar surface area (TPSA) is 52.8 Å². The number of hydrogen-bond acceptors (Lipinski definition) is 4. The number of pyridine rings is 2. The van der Waals surface area contributed by atoms with Crippen molar-refractivity contribution in [2.45, 2.75) is 0 Å². The Labute approximate surface area is 104 Å². The van der Waals surface area contributed by atoms with Gasteiger partial charge in [-0.3, -0.25) is 14.6 Å². The Hall–Kier alpha value is -2.43. The minimum atomic E-state index is 0.734. The van der Waals surface area contributed by atoms with Gasteiger partial charge in [-0.15, -0.1) is 0 Å². The Morgan fingerprint density at radius 1 is 1.06 bits per heavy atom. The maximum absolute atomic E-state index is 5.17. The van der Waals surface area contributed by atoms with Gasteiger partial charge in [0.15, 0.2) is 0 Å². The minimum Gasteiger partial charge on any atom is -0.495 e. The van der Waals surface area contributed by atoms with Crippen LogP contribution in [0.2, 0.25) is 0 Å². The second-order valence-electron chi connectivity index (χ2n) is 4.01. The van der Waals surface area contributed by atoms with E-state index in [4.69, 9.17) is 4.74 Å². The number of methoxy groups -OCH3 is 1. The molecule has 0 aliphatic rings. The van der Waals surface area contributed by atoms with Gasteiger partial charge in [-0.1, -0.05) is 0 Å². The molecule has 0 unspecified atom stereocenters. The third-order valence-corrected chi connectivity index (χ3v) is 2.88. The SMILES string of the molecule is COc1cncc(-c2cnc3cnn(C)c3c2)c1. The molecule has 5 heteroatoms. The standard InChI is InChI=1S/C13H12N4O/c1-17-13-4-10(6-15-12(13)8-16-17)9-3-11(18-2)7-14-5-9/h3-8H,1-2H3. The molecule has 0 atom stereocenters. The van der Waals surface area contributed by atoms with Crippen LogP contribution in [0.1, 0.15) is 0 Å². The molecular formula is C13H12N4O. The predicted molar refractivity (Wildman–Crippen MR) is 68.3 cm³/mol. The molecule has 0 saturated heterocycles. The van der Waals surface area contributed by atoms with E-state index in [1.165, 1.54) is 0 Å². The summed E-state index contributed by atoms with van der Waals surface area (Å²) in [7, 11) is 3.53. The van der Waals surface area contributed by atoms with Crippen LogP contribution in [0.25, 0.3) is 22.2 Å². The fourth-order valence-corrected chi connectivity index (χ4v) is 1.87.